The number of aromatic amines is 1. The van der Waals surface area contributed by atoms with Crippen molar-refractivity contribution >= 4 is 16.8 Å². The topological polar surface area (TPSA) is 66.0 Å². The minimum absolute atomic E-state index is 0.139. The summed E-state index contributed by atoms with van der Waals surface area (Å²) in [4.78, 5) is 22.9. The first kappa shape index (κ1) is 18.4. The normalized spacial score (nSPS) is 22.6. The zero-order valence-corrected chi connectivity index (χ0v) is 16.6. The molecule has 29 heavy (non-hydrogen) atoms. The maximum atomic E-state index is 14.1. The number of carbonyl (C=O) groups is 1. The Morgan fingerprint density at radius 2 is 2.21 bits per heavy atom. The van der Waals surface area contributed by atoms with Crippen molar-refractivity contribution in [2.24, 2.45) is 0 Å². The zero-order chi connectivity index (χ0) is 20.0. The van der Waals surface area contributed by atoms with Gasteiger partial charge in [0.2, 0.25) is 0 Å². The Bertz CT molecular complexity index is 1020. The lowest BCUT2D eigenvalue weighted by atomic mass is 9.89. The van der Waals surface area contributed by atoms with Gasteiger partial charge in [-0.3, -0.25) is 9.69 Å². The molecule has 1 aliphatic heterocycles. The molecular formula is C22H26FN5O. The van der Waals surface area contributed by atoms with Crippen LogP contribution in [0, 0.1) is 12.7 Å². The first-order valence-electron chi connectivity index (χ1n) is 10.4. The summed E-state index contributed by atoms with van der Waals surface area (Å²) in [6, 6.07) is 5.40. The Morgan fingerprint density at radius 1 is 1.31 bits per heavy atom. The molecule has 152 valence electrons. The molecule has 2 aliphatic rings. The number of rotatable bonds is 3. The van der Waals surface area contributed by atoms with Gasteiger partial charge in [-0.15, -0.1) is 0 Å². The number of H-pyrrole nitrogens is 1. The summed E-state index contributed by atoms with van der Waals surface area (Å²) in [6.45, 7) is 4.78. The summed E-state index contributed by atoms with van der Waals surface area (Å²) >= 11 is 0. The van der Waals surface area contributed by atoms with Crippen LogP contribution in [-0.2, 0) is 13.1 Å². The van der Waals surface area contributed by atoms with Crippen molar-refractivity contribution in [3.63, 3.8) is 0 Å². The van der Waals surface area contributed by atoms with Crippen LogP contribution in [0.5, 0.6) is 0 Å². The molecule has 5 rings (SSSR count). The van der Waals surface area contributed by atoms with Crippen LogP contribution in [0.2, 0.25) is 0 Å². The molecule has 3 aromatic rings. The summed E-state index contributed by atoms with van der Waals surface area (Å²) in [5.41, 5.74) is 2.05. The second-order valence-electron chi connectivity index (χ2n) is 8.33. The largest absolute Gasteiger partial charge is 0.350 e. The summed E-state index contributed by atoms with van der Waals surface area (Å²) in [6.07, 6.45) is 8.10. The molecule has 1 fully saturated rings. The molecule has 2 N–H and O–H groups in total. The second-order valence-corrected chi connectivity index (χ2v) is 8.33. The van der Waals surface area contributed by atoms with Crippen molar-refractivity contribution < 1.29 is 9.18 Å². The number of nitrogens with one attached hydrogen (secondary N) is 2. The van der Waals surface area contributed by atoms with Gasteiger partial charge in [0, 0.05) is 43.0 Å². The van der Waals surface area contributed by atoms with Crippen molar-refractivity contribution in [3.8, 4) is 0 Å². The van der Waals surface area contributed by atoms with Gasteiger partial charge in [-0.2, -0.15) is 0 Å². The molecule has 1 aromatic carbocycles. The van der Waals surface area contributed by atoms with E-state index in [1.807, 2.05) is 19.3 Å². The van der Waals surface area contributed by atoms with E-state index in [0.29, 0.717) is 22.6 Å². The fourth-order valence-electron chi connectivity index (χ4n) is 4.84. The Kier molecular flexibility index (Phi) is 4.62. The zero-order valence-electron chi connectivity index (χ0n) is 16.6. The van der Waals surface area contributed by atoms with E-state index in [2.05, 4.69) is 24.8 Å². The fraction of sp³-hybridized carbons (Fsp3) is 0.455. The number of hydrogen-bond acceptors (Lipinski definition) is 3. The highest BCUT2D eigenvalue weighted by atomic mass is 19.1. The number of imidazole rings is 1. The Balaban J connectivity index is 1.26. The predicted molar refractivity (Wildman–Crippen MR) is 109 cm³/mol. The third-order valence-electron chi connectivity index (χ3n) is 6.47. The van der Waals surface area contributed by atoms with Crippen LogP contribution in [0.25, 0.3) is 10.9 Å². The lowest BCUT2D eigenvalue weighted by Gasteiger charge is -2.39. The van der Waals surface area contributed by atoms with Crippen LogP contribution in [0.3, 0.4) is 0 Å². The van der Waals surface area contributed by atoms with E-state index >= 15 is 0 Å². The van der Waals surface area contributed by atoms with Crippen molar-refractivity contribution in [1.29, 1.82) is 0 Å². The molecule has 0 unspecified atom stereocenters. The van der Waals surface area contributed by atoms with E-state index in [1.165, 1.54) is 6.07 Å². The molecular weight excluding hydrogens is 369 g/mol. The van der Waals surface area contributed by atoms with Crippen molar-refractivity contribution in [2.75, 3.05) is 6.54 Å². The van der Waals surface area contributed by atoms with Gasteiger partial charge in [0.1, 0.15) is 17.3 Å². The average molecular weight is 395 g/mol. The van der Waals surface area contributed by atoms with Crippen molar-refractivity contribution in [2.45, 2.75) is 57.8 Å². The van der Waals surface area contributed by atoms with Gasteiger partial charge in [-0.1, -0.05) is 6.07 Å². The summed E-state index contributed by atoms with van der Waals surface area (Å²) in [7, 11) is 0. The smallest absolute Gasteiger partial charge is 0.267 e. The lowest BCUT2D eigenvalue weighted by Crippen LogP contribution is -2.48. The lowest BCUT2D eigenvalue weighted by molar-refractivity contribution is 0.0850. The van der Waals surface area contributed by atoms with Crippen LogP contribution in [0.15, 0.2) is 30.6 Å². The molecule has 1 amide bonds. The number of halogens is 1. The van der Waals surface area contributed by atoms with Gasteiger partial charge in [0.25, 0.3) is 5.91 Å². The number of amides is 1. The van der Waals surface area contributed by atoms with Gasteiger partial charge in [-0.25, -0.2) is 9.37 Å². The highest BCUT2D eigenvalue weighted by molar-refractivity contribution is 5.99. The quantitative estimate of drug-likeness (QED) is 0.715. The monoisotopic (exact) mass is 395 g/mol. The van der Waals surface area contributed by atoms with E-state index in [4.69, 9.17) is 0 Å². The number of aryl methyl sites for hydroxylation is 1. The Hall–Kier alpha value is -2.67. The van der Waals surface area contributed by atoms with E-state index in [-0.39, 0.29) is 17.8 Å². The van der Waals surface area contributed by atoms with Gasteiger partial charge in [0.05, 0.1) is 12.1 Å². The molecule has 1 aliphatic carbocycles. The number of hydrogen-bond donors (Lipinski definition) is 2. The van der Waals surface area contributed by atoms with Crippen LogP contribution in [-0.4, -0.2) is 44.0 Å². The van der Waals surface area contributed by atoms with Gasteiger partial charge >= 0.3 is 0 Å². The molecule has 0 saturated heterocycles. The Morgan fingerprint density at radius 3 is 3.07 bits per heavy atom. The van der Waals surface area contributed by atoms with E-state index < -0.39 is 0 Å². The van der Waals surface area contributed by atoms with Crippen LogP contribution < -0.4 is 5.32 Å². The molecule has 6 nitrogen and oxygen atoms in total. The summed E-state index contributed by atoms with van der Waals surface area (Å²) < 4.78 is 16.3. The minimum atomic E-state index is -0.304. The molecule has 0 radical (unpaired) electrons. The first-order chi connectivity index (χ1) is 14.1. The van der Waals surface area contributed by atoms with E-state index in [1.54, 1.807) is 12.1 Å². The van der Waals surface area contributed by atoms with E-state index in [0.717, 1.165) is 56.7 Å². The van der Waals surface area contributed by atoms with Gasteiger partial charge in [0.15, 0.2) is 0 Å². The number of aromatic nitrogens is 3. The van der Waals surface area contributed by atoms with Crippen molar-refractivity contribution in [1.82, 2.24) is 24.8 Å². The Labute approximate surface area is 169 Å². The predicted octanol–water partition coefficient (Wildman–Crippen LogP) is 3.37. The van der Waals surface area contributed by atoms with Gasteiger partial charge < -0.3 is 14.9 Å². The molecule has 3 heterocycles. The molecule has 7 heteroatoms. The fourth-order valence-corrected chi connectivity index (χ4v) is 4.84. The summed E-state index contributed by atoms with van der Waals surface area (Å²) in [5.74, 6) is 0.666. The van der Waals surface area contributed by atoms with Crippen LogP contribution in [0.4, 0.5) is 4.39 Å². The molecule has 0 bridgehead atoms. The number of benzene rings is 1. The standard InChI is InChI=1S/C22H26FN5O/c1-14-5-6-18(23)17-12-19(26-21(14)17)22(29)25-15-3-2-4-16(11-15)28-10-9-27-8-7-24-20(27)13-28/h5-8,12,15-16,26H,2-4,9-11,13H2,1H3,(H,25,29)/t15-,16-/m1/s1. The van der Waals surface area contributed by atoms with Crippen LogP contribution >= 0.6 is 0 Å². The molecule has 0 spiro atoms. The van der Waals surface area contributed by atoms with Crippen LogP contribution in [0.1, 0.15) is 47.6 Å². The highest BCUT2D eigenvalue weighted by Gasteiger charge is 2.30. The minimum Gasteiger partial charge on any atom is -0.350 e. The molecule has 2 aromatic heterocycles. The maximum absolute atomic E-state index is 14.1. The second kappa shape index (κ2) is 7.30. The number of fused-ring (bicyclic) bond motifs is 2. The number of nitrogens with zero attached hydrogens (tertiary/aromatic N) is 3. The third-order valence-corrected chi connectivity index (χ3v) is 6.47. The highest BCUT2D eigenvalue weighted by Crippen LogP contribution is 2.27. The van der Waals surface area contributed by atoms with E-state index in [9.17, 15) is 9.18 Å². The first-order valence-corrected chi connectivity index (χ1v) is 10.4. The molecule has 2 atom stereocenters. The summed E-state index contributed by atoms with van der Waals surface area (Å²) in [5, 5.41) is 3.65. The maximum Gasteiger partial charge on any atom is 0.267 e. The molecule has 1 saturated carbocycles. The number of carbonyl (C=O) groups excluding carboxylic acids is 1. The average Bonchev–Trinajstić information content (AvgIpc) is 3.38. The third kappa shape index (κ3) is 3.44. The van der Waals surface area contributed by atoms with Gasteiger partial charge in [-0.05, 0) is 50.3 Å². The van der Waals surface area contributed by atoms with Crippen molar-refractivity contribution in [3.05, 3.63) is 53.5 Å². The SMILES string of the molecule is Cc1ccc(F)c2cc(C(=O)N[C@@H]3CCC[C@@H](N4CCn5ccnc5C4)C3)[nH]c12.